The molecular weight excluding hydrogens is 392 g/mol. The predicted molar refractivity (Wildman–Crippen MR) is 109 cm³/mol. The lowest BCUT2D eigenvalue weighted by molar-refractivity contribution is -0.141. The minimum absolute atomic E-state index is 0.0156. The number of ether oxygens (including phenoxy) is 2. The molecule has 0 amide bonds. The van der Waals surface area contributed by atoms with E-state index in [2.05, 4.69) is 10.2 Å². The summed E-state index contributed by atoms with van der Waals surface area (Å²) in [6, 6.07) is 10.1. The summed E-state index contributed by atoms with van der Waals surface area (Å²) in [5.41, 5.74) is 1.62. The lowest BCUT2D eigenvalue weighted by atomic mass is 10.00. The van der Waals surface area contributed by atoms with Crippen LogP contribution in [0.3, 0.4) is 0 Å². The van der Waals surface area contributed by atoms with Gasteiger partial charge < -0.3 is 9.47 Å². The Hall–Kier alpha value is -3.19. The van der Waals surface area contributed by atoms with E-state index in [0.29, 0.717) is 27.5 Å². The van der Waals surface area contributed by atoms with Crippen LogP contribution in [-0.2, 0) is 9.53 Å². The fraction of sp³-hybridized carbons (Fsp3) is 0.238. The van der Waals surface area contributed by atoms with Crippen molar-refractivity contribution < 1.29 is 22.5 Å². The molecule has 0 spiro atoms. The van der Waals surface area contributed by atoms with E-state index in [1.165, 1.54) is 29.9 Å². The average molecular weight is 417 g/mol. The van der Waals surface area contributed by atoms with E-state index in [9.17, 15) is 4.79 Å². The minimum Gasteiger partial charge on any atom is -0.497 e. The number of fused-ring (bicyclic) bond motifs is 3. The number of esters is 1. The molecule has 2 aromatic carbocycles. The molecule has 0 saturated carbocycles. The Kier molecular flexibility index (Phi) is 3.47. The number of hydrogen-bond donors (Lipinski definition) is 0. The van der Waals surface area contributed by atoms with Crippen LogP contribution in [-0.4, -0.2) is 40.6 Å². The number of aryl methyl sites for hydroxylation is 1. The van der Waals surface area contributed by atoms with Gasteiger partial charge in [-0.1, -0.05) is 23.7 Å². The number of carbonyl (C=O) groups excluding carboxylic acids is 1. The Balaban J connectivity index is 2.03. The zero-order valence-electron chi connectivity index (χ0n) is 21.2. The molecule has 0 radical (unpaired) electrons. The molecule has 0 N–H and O–H groups in total. The van der Waals surface area contributed by atoms with Crippen LogP contribution >= 0.6 is 11.6 Å². The zero-order chi connectivity index (χ0) is 25.5. The summed E-state index contributed by atoms with van der Waals surface area (Å²) in [5.74, 6) is -0.782. The minimum atomic E-state index is -2.71. The number of rotatable bonds is 4. The first kappa shape index (κ1) is 13.1. The van der Waals surface area contributed by atoms with Crippen molar-refractivity contribution >= 4 is 23.3 Å². The predicted octanol–water partition coefficient (Wildman–Crippen LogP) is 3.69. The molecule has 0 unspecified atom stereocenters. The van der Waals surface area contributed by atoms with E-state index in [0.717, 1.165) is 0 Å². The summed E-state index contributed by atoms with van der Waals surface area (Å²) in [7, 11) is -1.48. The van der Waals surface area contributed by atoms with Crippen LogP contribution in [0.1, 0.15) is 43.5 Å². The van der Waals surface area contributed by atoms with Crippen molar-refractivity contribution in [1.82, 2.24) is 14.8 Å². The maximum absolute atomic E-state index is 12.2. The third-order valence-corrected chi connectivity index (χ3v) is 4.81. The average Bonchev–Trinajstić information content (AvgIpc) is 3.17. The van der Waals surface area contributed by atoms with Gasteiger partial charge in [0.25, 0.3) is 0 Å². The van der Waals surface area contributed by atoms with E-state index in [1.807, 2.05) is 0 Å². The molecule has 1 aromatic heterocycles. The van der Waals surface area contributed by atoms with Crippen molar-refractivity contribution in [3.63, 3.8) is 0 Å². The van der Waals surface area contributed by atoms with Gasteiger partial charge in [-0.3, -0.25) is 14.4 Å². The maximum Gasteiger partial charge on any atom is 0.308 e. The molecule has 8 heteroatoms. The summed E-state index contributed by atoms with van der Waals surface area (Å²) < 4.78 is 57.4. The fourth-order valence-electron chi connectivity index (χ4n) is 3.21. The molecule has 3 aromatic rings. The topological polar surface area (TPSA) is 78.6 Å². The van der Waals surface area contributed by atoms with Gasteiger partial charge in [-0.2, -0.15) is 0 Å². The van der Waals surface area contributed by atoms with Crippen LogP contribution in [0.25, 0.3) is 5.69 Å². The van der Waals surface area contributed by atoms with E-state index in [4.69, 9.17) is 34.3 Å². The fourth-order valence-corrected chi connectivity index (χ4v) is 3.34. The molecule has 0 bridgehead atoms. The molecule has 1 atom stereocenters. The van der Waals surface area contributed by atoms with Crippen molar-refractivity contribution in [1.29, 1.82) is 0 Å². The number of aromatic nitrogens is 3. The largest absolute Gasteiger partial charge is 0.497 e. The van der Waals surface area contributed by atoms with Crippen LogP contribution in [0, 0.1) is 6.85 Å². The van der Waals surface area contributed by atoms with E-state index < -0.39 is 25.9 Å². The van der Waals surface area contributed by atoms with Crippen LogP contribution in [0.5, 0.6) is 5.75 Å². The number of methoxy groups -OCH3 is 2. The second-order valence-corrected chi connectivity index (χ2v) is 6.72. The van der Waals surface area contributed by atoms with Gasteiger partial charge in [0.2, 0.25) is 0 Å². The van der Waals surface area contributed by atoms with E-state index in [-0.39, 0.29) is 23.8 Å². The first-order valence-electron chi connectivity index (χ1n) is 11.6. The highest BCUT2D eigenvalue weighted by Crippen LogP contribution is 2.34. The normalized spacial score (nSPS) is 19.0. The Morgan fingerprint density at radius 2 is 2.07 bits per heavy atom. The monoisotopic (exact) mass is 416 g/mol. The van der Waals surface area contributed by atoms with Crippen molar-refractivity contribution in [2.24, 2.45) is 4.99 Å². The summed E-state index contributed by atoms with van der Waals surface area (Å²) in [6.07, 6.45) is -0.237. The Labute approximate surface area is 181 Å². The molecule has 4 rings (SSSR count). The second kappa shape index (κ2) is 7.67. The molecule has 0 saturated heterocycles. The number of nitrogens with zero attached hydrogens (tertiary/aromatic N) is 4. The van der Waals surface area contributed by atoms with Crippen molar-refractivity contribution in [3.05, 3.63) is 70.3 Å². The van der Waals surface area contributed by atoms with Crippen molar-refractivity contribution in [2.45, 2.75) is 19.3 Å². The number of carbonyl (C=O) groups is 1. The van der Waals surface area contributed by atoms with E-state index in [1.54, 1.807) is 24.3 Å². The van der Waals surface area contributed by atoms with Crippen molar-refractivity contribution in [2.75, 3.05) is 14.1 Å². The van der Waals surface area contributed by atoms with Crippen LogP contribution in [0.2, 0.25) is 5.02 Å². The highest BCUT2D eigenvalue weighted by atomic mass is 35.5. The number of benzene rings is 2. The molecule has 0 aliphatic carbocycles. The van der Waals surface area contributed by atoms with Gasteiger partial charge in [0.1, 0.15) is 17.6 Å². The highest BCUT2D eigenvalue weighted by Gasteiger charge is 2.30. The van der Waals surface area contributed by atoms with E-state index >= 15 is 0 Å². The molecular formula is C21H19ClN4O3. The van der Waals surface area contributed by atoms with Gasteiger partial charge in [-0.05, 0) is 37.2 Å². The number of aliphatic imine (C=N–C) groups is 1. The number of hydrogen-bond acceptors (Lipinski definition) is 6. The molecule has 1 aliphatic rings. The summed E-state index contributed by atoms with van der Waals surface area (Å²) >= 11 is 6.06. The molecule has 148 valence electrons. The SMILES string of the molecule is [2H]C([2H])([2H])Oc1ccc2c(c1)C(c1ccc(Cl)cc1)=N[C@@H](CC(=O)OC)c1nnc(C([2H])([2H])[2H])n1-2. The lowest BCUT2D eigenvalue weighted by Crippen LogP contribution is -2.12. The summed E-state index contributed by atoms with van der Waals surface area (Å²) in [5, 5.41) is 8.43. The Bertz CT molecular complexity index is 1300. The smallest absolute Gasteiger partial charge is 0.308 e. The molecule has 1 aliphatic heterocycles. The zero-order valence-corrected chi connectivity index (χ0v) is 16.0. The van der Waals surface area contributed by atoms with Crippen LogP contribution < -0.4 is 4.74 Å². The van der Waals surface area contributed by atoms with Gasteiger partial charge in [0, 0.05) is 20.3 Å². The Morgan fingerprint density at radius 1 is 1.24 bits per heavy atom. The number of halogens is 1. The van der Waals surface area contributed by atoms with Gasteiger partial charge in [0.15, 0.2) is 5.82 Å². The maximum atomic E-state index is 12.2. The Morgan fingerprint density at radius 3 is 2.79 bits per heavy atom. The molecule has 2 heterocycles. The third kappa shape index (κ3) is 3.49. The van der Waals surface area contributed by atoms with Crippen LogP contribution in [0.15, 0.2) is 47.5 Å². The molecule has 29 heavy (non-hydrogen) atoms. The lowest BCUT2D eigenvalue weighted by Gasteiger charge is -2.14. The molecule has 0 fully saturated rings. The molecule has 7 nitrogen and oxygen atoms in total. The van der Waals surface area contributed by atoms with Gasteiger partial charge in [-0.15, -0.1) is 10.2 Å². The summed E-state index contributed by atoms with van der Waals surface area (Å²) in [4.78, 5) is 17.0. The van der Waals surface area contributed by atoms with Gasteiger partial charge in [-0.25, -0.2) is 0 Å². The van der Waals surface area contributed by atoms with Gasteiger partial charge >= 0.3 is 5.97 Å². The first-order valence-corrected chi connectivity index (χ1v) is 8.95. The quantitative estimate of drug-likeness (QED) is 0.606. The van der Waals surface area contributed by atoms with Crippen molar-refractivity contribution in [3.8, 4) is 11.4 Å². The second-order valence-electron chi connectivity index (χ2n) is 6.28. The highest BCUT2D eigenvalue weighted by molar-refractivity contribution is 6.30. The standard InChI is InChI=1S/C21H19ClN4O3/c1-12-24-25-21-17(11-19(27)29-3)23-20(13-4-6-14(22)7-5-13)16-10-15(28-2)8-9-18(16)26(12)21/h4-10,17H,11H2,1-3H3/t17-/m0/s1/i1D3,2D3. The third-order valence-electron chi connectivity index (χ3n) is 4.56. The van der Waals surface area contributed by atoms with Crippen LogP contribution in [0.4, 0.5) is 0 Å². The first-order chi connectivity index (χ1) is 16.4. The van der Waals surface area contributed by atoms with Gasteiger partial charge in [0.05, 0.1) is 36.1 Å². The summed E-state index contributed by atoms with van der Waals surface area (Å²) in [6.45, 7) is -2.64.